The van der Waals surface area contributed by atoms with E-state index in [9.17, 15) is 4.79 Å². The Kier molecular flexibility index (Phi) is 5.64. The molecule has 0 saturated heterocycles. The summed E-state index contributed by atoms with van der Waals surface area (Å²) in [7, 11) is 1.65. The molecule has 2 aliphatic rings. The van der Waals surface area contributed by atoms with Crippen molar-refractivity contribution in [2.45, 2.75) is 25.3 Å². The average molecular weight is 387 g/mol. The molecule has 5 nitrogen and oxygen atoms in total. The Morgan fingerprint density at radius 2 is 2.15 bits per heavy atom. The van der Waals surface area contributed by atoms with E-state index < -0.39 is 0 Å². The molecule has 1 aromatic heterocycles. The van der Waals surface area contributed by atoms with Crippen molar-refractivity contribution >= 4 is 17.2 Å². The van der Waals surface area contributed by atoms with E-state index >= 15 is 0 Å². The summed E-state index contributed by atoms with van der Waals surface area (Å²) in [5, 5.41) is 5.44. The number of nitrogens with zero attached hydrogens (tertiary/aromatic N) is 1. The van der Waals surface area contributed by atoms with Crippen LogP contribution in [-0.2, 0) is 11.2 Å². The Labute approximate surface area is 164 Å². The van der Waals surface area contributed by atoms with E-state index in [4.69, 9.17) is 9.47 Å². The molecule has 1 aliphatic heterocycles. The highest BCUT2D eigenvalue weighted by atomic mass is 32.1. The largest absolute Gasteiger partial charge is 0.497 e. The van der Waals surface area contributed by atoms with Gasteiger partial charge in [-0.3, -0.25) is 4.79 Å². The molecule has 2 heterocycles. The van der Waals surface area contributed by atoms with Crippen molar-refractivity contribution in [3.8, 4) is 11.5 Å². The van der Waals surface area contributed by atoms with E-state index in [0.717, 1.165) is 36.9 Å². The lowest BCUT2D eigenvalue weighted by molar-refractivity contribution is -0.133. The molecule has 6 heteroatoms. The van der Waals surface area contributed by atoms with E-state index in [0.29, 0.717) is 13.2 Å². The molecule has 27 heavy (non-hydrogen) atoms. The summed E-state index contributed by atoms with van der Waals surface area (Å²) < 4.78 is 11.3. The van der Waals surface area contributed by atoms with Gasteiger partial charge in [0, 0.05) is 17.5 Å². The van der Waals surface area contributed by atoms with Crippen LogP contribution in [0.25, 0.3) is 0 Å². The number of ether oxygens (including phenoxy) is 2. The molecular formula is C21H26N2O3S. The van der Waals surface area contributed by atoms with Crippen LogP contribution < -0.4 is 14.8 Å². The van der Waals surface area contributed by atoms with Gasteiger partial charge in [0.15, 0.2) is 0 Å². The molecule has 1 aliphatic carbocycles. The van der Waals surface area contributed by atoms with Gasteiger partial charge in [-0.2, -0.15) is 0 Å². The standard InChI is InChI=1S/C21H26N2O3S/c1-25-16-3-2-4-17(11-16)26-14-19-18-8-10-27-20(18)7-9-23(19)21(24)13-22-12-15-5-6-15/h2-4,8,10-11,15,19,22H,5-7,9,12-14H2,1H3. The summed E-state index contributed by atoms with van der Waals surface area (Å²) in [6.07, 6.45) is 3.51. The van der Waals surface area contributed by atoms with Crippen molar-refractivity contribution in [3.63, 3.8) is 0 Å². The van der Waals surface area contributed by atoms with Gasteiger partial charge < -0.3 is 19.7 Å². The number of amides is 1. The predicted octanol–water partition coefficient (Wildman–Crippen LogP) is 3.26. The molecule has 1 unspecified atom stereocenters. The molecule has 2 aromatic rings. The van der Waals surface area contributed by atoms with Crippen molar-refractivity contribution in [2.75, 3.05) is 33.4 Å². The van der Waals surface area contributed by atoms with Gasteiger partial charge in [0.1, 0.15) is 18.1 Å². The summed E-state index contributed by atoms with van der Waals surface area (Å²) in [5.74, 6) is 2.46. The lowest BCUT2D eigenvalue weighted by Crippen LogP contribution is -2.45. The minimum Gasteiger partial charge on any atom is -0.497 e. The number of hydrogen-bond acceptors (Lipinski definition) is 5. The topological polar surface area (TPSA) is 50.8 Å². The Bertz CT molecular complexity index is 787. The van der Waals surface area contributed by atoms with Crippen molar-refractivity contribution < 1.29 is 14.3 Å². The van der Waals surface area contributed by atoms with Crippen LogP contribution in [-0.4, -0.2) is 44.2 Å². The van der Waals surface area contributed by atoms with Crippen LogP contribution in [0.3, 0.4) is 0 Å². The second-order valence-corrected chi connectivity index (χ2v) is 8.22. The van der Waals surface area contributed by atoms with Gasteiger partial charge in [0.2, 0.25) is 5.91 Å². The van der Waals surface area contributed by atoms with E-state index in [-0.39, 0.29) is 11.9 Å². The number of nitrogens with one attached hydrogen (secondary N) is 1. The molecular weight excluding hydrogens is 360 g/mol. The summed E-state index contributed by atoms with van der Waals surface area (Å²) in [6, 6.07) is 9.70. The third kappa shape index (κ3) is 4.45. The van der Waals surface area contributed by atoms with E-state index in [1.807, 2.05) is 29.2 Å². The fourth-order valence-electron chi connectivity index (χ4n) is 3.55. The van der Waals surface area contributed by atoms with Gasteiger partial charge >= 0.3 is 0 Å². The first kappa shape index (κ1) is 18.3. The van der Waals surface area contributed by atoms with Crippen LogP contribution >= 0.6 is 11.3 Å². The lowest BCUT2D eigenvalue weighted by Gasteiger charge is -2.36. The number of thiophene rings is 1. The third-order valence-electron chi connectivity index (χ3n) is 5.27. The highest BCUT2D eigenvalue weighted by molar-refractivity contribution is 7.10. The van der Waals surface area contributed by atoms with Crippen molar-refractivity contribution in [3.05, 3.63) is 46.2 Å². The Morgan fingerprint density at radius 1 is 1.30 bits per heavy atom. The van der Waals surface area contributed by atoms with Crippen molar-refractivity contribution in [1.82, 2.24) is 10.2 Å². The van der Waals surface area contributed by atoms with Crippen LogP contribution in [0, 0.1) is 5.92 Å². The summed E-state index contributed by atoms with van der Waals surface area (Å²) >= 11 is 1.77. The second kappa shape index (κ2) is 8.31. The van der Waals surface area contributed by atoms with E-state index in [1.54, 1.807) is 18.4 Å². The predicted molar refractivity (Wildman–Crippen MR) is 107 cm³/mol. The van der Waals surface area contributed by atoms with Gasteiger partial charge in [0.05, 0.1) is 19.7 Å². The summed E-state index contributed by atoms with van der Waals surface area (Å²) in [5.41, 5.74) is 1.23. The summed E-state index contributed by atoms with van der Waals surface area (Å²) in [4.78, 5) is 16.2. The minimum atomic E-state index is -0.0403. The van der Waals surface area contributed by atoms with Crippen molar-refractivity contribution in [1.29, 1.82) is 0 Å². The van der Waals surface area contributed by atoms with Crippen LogP contribution in [0.4, 0.5) is 0 Å². The molecule has 1 atom stereocenters. The number of fused-ring (bicyclic) bond motifs is 1. The van der Waals surface area contributed by atoms with Crippen LogP contribution in [0.5, 0.6) is 11.5 Å². The number of carbonyl (C=O) groups is 1. The number of methoxy groups -OCH3 is 1. The van der Waals surface area contributed by atoms with E-state index in [1.165, 1.54) is 23.3 Å². The fraction of sp³-hybridized carbons (Fsp3) is 0.476. The molecule has 1 amide bonds. The first-order valence-electron chi connectivity index (χ1n) is 9.58. The second-order valence-electron chi connectivity index (χ2n) is 7.22. The Hall–Kier alpha value is -2.05. The first-order chi connectivity index (χ1) is 13.2. The van der Waals surface area contributed by atoms with Crippen molar-refractivity contribution in [2.24, 2.45) is 5.92 Å². The molecule has 1 fully saturated rings. The molecule has 0 spiro atoms. The molecule has 0 bridgehead atoms. The highest BCUT2D eigenvalue weighted by Crippen LogP contribution is 2.34. The normalized spacial score (nSPS) is 18.9. The maximum Gasteiger partial charge on any atom is 0.237 e. The smallest absolute Gasteiger partial charge is 0.237 e. The molecule has 0 radical (unpaired) electrons. The Morgan fingerprint density at radius 3 is 2.96 bits per heavy atom. The quantitative estimate of drug-likeness (QED) is 0.757. The van der Waals surface area contributed by atoms with Gasteiger partial charge in [-0.1, -0.05) is 6.07 Å². The molecule has 1 saturated carbocycles. The Balaban J connectivity index is 1.44. The first-order valence-corrected chi connectivity index (χ1v) is 10.5. The van der Waals surface area contributed by atoms with Crippen LogP contribution in [0.15, 0.2) is 35.7 Å². The van der Waals surface area contributed by atoms with Gasteiger partial charge in [-0.05, 0) is 60.9 Å². The SMILES string of the molecule is COc1cccc(OCC2c3ccsc3CCN2C(=O)CNCC2CC2)c1. The van der Waals surface area contributed by atoms with Gasteiger partial charge in [-0.25, -0.2) is 0 Å². The maximum atomic E-state index is 12.8. The lowest BCUT2D eigenvalue weighted by atomic mass is 10.0. The number of benzene rings is 1. The summed E-state index contributed by atoms with van der Waals surface area (Å²) in [6.45, 7) is 2.56. The van der Waals surface area contributed by atoms with E-state index in [2.05, 4.69) is 16.8 Å². The van der Waals surface area contributed by atoms with Gasteiger partial charge in [-0.15, -0.1) is 11.3 Å². The third-order valence-corrected chi connectivity index (χ3v) is 6.27. The maximum absolute atomic E-state index is 12.8. The monoisotopic (exact) mass is 386 g/mol. The molecule has 144 valence electrons. The zero-order chi connectivity index (χ0) is 18.6. The molecule has 1 N–H and O–H groups in total. The average Bonchev–Trinajstić information content (AvgIpc) is 3.39. The minimum absolute atomic E-state index is 0.0403. The number of rotatable bonds is 8. The zero-order valence-corrected chi connectivity index (χ0v) is 16.5. The van der Waals surface area contributed by atoms with Crippen LogP contribution in [0.2, 0.25) is 0 Å². The molecule has 4 rings (SSSR count). The number of hydrogen-bond donors (Lipinski definition) is 1. The van der Waals surface area contributed by atoms with Gasteiger partial charge in [0.25, 0.3) is 0 Å². The zero-order valence-electron chi connectivity index (χ0n) is 15.6. The molecule has 1 aromatic carbocycles. The number of carbonyl (C=O) groups excluding carboxylic acids is 1. The van der Waals surface area contributed by atoms with Crippen LogP contribution in [0.1, 0.15) is 29.3 Å². The highest BCUT2D eigenvalue weighted by Gasteiger charge is 2.32. The fourth-order valence-corrected chi connectivity index (χ4v) is 4.48.